The second-order valence-corrected chi connectivity index (χ2v) is 16.6. The topological polar surface area (TPSA) is 57.2 Å². The highest BCUT2D eigenvalue weighted by Gasteiger charge is 2.17. The van der Waals surface area contributed by atoms with E-state index in [-0.39, 0.29) is 0 Å². The Labute approximate surface area is 388 Å². The molecule has 0 aliphatic carbocycles. The molecule has 0 aliphatic rings. The molecule has 0 aliphatic heterocycles. The van der Waals surface area contributed by atoms with E-state index in [4.69, 9.17) is 8.83 Å². The fraction of sp³-hybridized carbons (Fsp3) is 0.0164. The van der Waals surface area contributed by atoms with Gasteiger partial charge in [0, 0.05) is 38.0 Å². The third-order valence-electron chi connectivity index (χ3n) is 12.5. The van der Waals surface area contributed by atoms with Gasteiger partial charge < -0.3 is 13.4 Å². The van der Waals surface area contributed by atoms with Gasteiger partial charge in [-0.1, -0.05) is 157 Å². The van der Waals surface area contributed by atoms with Gasteiger partial charge in [-0.2, -0.15) is 0 Å². The molecule has 2 N–H and O–H groups in total. The first-order valence-electron chi connectivity index (χ1n) is 22.1. The fourth-order valence-corrected chi connectivity index (χ4v) is 9.32. The molecule has 5 heteroatoms. The van der Waals surface area contributed by atoms with Crippen molar-refractivity contribution >= 4 is 78.5 Å². The van der Waals surface area contributed by atoms with Crippen molar-refractivity contribution in [2.24, 2.45) is 5.14 Å². The van der Waals surface area contributed by atoms with Gasteiger partial charge in [-0.25, -0.2) is 0 Å². The summed E-state index contributed by atoms with van der Waals surface area (Å²) in [5.41, 5.74) is 17.8. The van der Waals surface area contributed by atoms with Gasteiger partial charge in [-0.3, -0.25) is 5.14 Å². The van der Waals surface area contributed by atoms with Crippen LogP contribution in [0.4, 0.5) is 0 Å². The number of aromatic nitrogens is 1. The zero-order chi connectivity index (χ0) is 44.6. The summed E-state index contributed by atoms with van der Waals surface area (Å²) >= 11 is 3.03. The van der Waals surface area contributed by atoms with E-state index in [2.05, 4.69) is 230 Å². The third kappa shape index (κ3) is 7.50. The van der Waals surface area contributed by atoms with E-state index >= 15 is 0 Å². The first-order chi connectivity index (χ1) is 32.6. The number of fused-ring (bicyclic) bond motifs is 9. The molecule has 10 aromatic carbocycles. The van der Waals surface area contributed by atoms with Crippen molar-refractivity contribution in [3.8, 4) is 50.2 Å². The molecule has 13 aromatic rings. The third-order valence-corrected chi connectivity index (χ3v) is 12.5. The number of rotatable bonds is 5. The lowest BCUT2D eigenvalue weighted by molar-refractivity contribution is 0.668. The van der Waals surface area contributed by atoms with Crippen LogP contribution in [0.2, 0.25) is 0 Å². The zero-order valence-corrected chi connectivity index (χ0v) is 37.1. The maximum atomic E-state index is 6.42. The van der Waals surface area contributed by atoms with Gasteiger partial charge in [0.15, 0.2) is 0 Å². The Kier molecular flexibility index (Phi) is 10.8. The number of hydrogen-bond acceptors (Lipinski definition) is 4. The molecule has 13 rings (SSSR count). The molecule has 0 unspecified atom stereocenters. The predicted octanol–water partition coefficient (Wildman–Crippen LogP) is 17.0. The SMILES string of the molecule is Cc1ccccc1.NS.c1ccc(-c2ccc3c(c2)c2ccc(-c4ccc5oc6ccc(-c7cccc(-c8ccc9oc%10ccccc%10c9c8)c7)cc6c5c4)cc2n3-c2ccccc2)cc1. The summed E-state index contributed by atoms with van der Waals surface area (Å²) in [4.78, 5) is 0. The first-order valence-corrected chi connectivity index (χ1v) is 22.6. The molecule has 0 amide bonds. The van der Waals surface area contributed by atoms with Gasteiger partial charge in [0.1, 0.15) is 22.3 Å². The Bertz CT molecular complexity index is 3850. The number of aryl methyl sites for hydroxylation is 1. The molecule has 4 nitrogen and oxygen atoms in total. The molecule has 66 heavy (non-hydrogen) atoms. The maximum absolute atomic E-state index is 6.42. The fourth-order valence-electron chi connectivity index (χ4n) is 9.32. The molecule has 0 saturated heterocycles. The van der Waals surface area contributed by atoms with Crippen LogP contribution in [0.15, 0.2) is 239 Å². The average molecular weight is 869 g/mol. The van der Waals surface area contributed by atoms with Gasteiger partial charge in [0.25, 0.3) is 0 Å². The number of nitrogens with zero attached hydrogens (tertiary/aromatic N) is 1. The van der Waals surface area contributed by atoms with Gasteiger partial charge in [-0.15, -0.1) is 12.8 Å². The Morgan fingerprint density at radius 2 is 0.727 bits per heavy atom. The van der Waals surface area contributed by atoms with Crippen LogP contribution in [0.25, 0.3) is 116 Å². The molecule has 0 radical (unpaired) electrons. The van der Waals surface area contributed by atoms with Gasteiger partial charge in [-0.05, 0) is 130 Å². The van der Waals surface area contributed by atoms with E-state index in [1.54, 1.807) is 0 Å². The summed E-state index contributed by atoms with van der Waals surface area (Å²) in [7, 11) is 0. The summed E-state index contributed by atoms with van der Waals surface area (Å²) in [5.74, 6) is 0. The van der Waals surface area contributed by atoms with Crippen LogP contribution in [0.5, 0.6) is 0 Å². The molecule has 0 spiro atoms. The van der Waals surface area contributed by atoms with Crippen LogP contribution in [-0.2, 0) is 0 Å². The monoisotopic (exact) mass is 868 g/mol. The van der Waals surface area contributed by atoms with E-state index in [1.807, 2.05) is 30.3 Å². The summed E-state index contributed by atoms with van der Waals surface area (Å²) in [6.45, 7) is 2.08. The quantitative estimate of drug-likeness (QED) is 0.169. The highest BCUT2D eigenvalue weighted by Crippen LogP contribution is 2.40. The van der Waals surface area contributed by atoms with Gasteiger partial charge >= 0.3 is 0 Å². The van der Waals surface area contributed by atoms with Crippen molar-refractivity contribution in [3.63, 3.8) is 0 Å². The zero-order valence-electron chi connectivity index (χ0n) is 36.2. The molecule has 316 valence electrons. The summed E-state index contributed by atoms with van der Waals surface area (Å²) in [6.07, 6.45) is 0. The minimum atomic E-state index is 0.883. The number of furan rings is 2. The number of nitrogens with two attached hydrogens (primary N) is 1. The van der Waals surface area contributed by atoms with Crippen LogP contribution in [0, 0.1) is 6.92 Å². The van der Waals surface area contributed by atoms with Crippen molar-refractivity contribution in [2.45, 2.75) is 6.92 Å². The average Bonchev–Trinajstić information content (AvgIpc) is 4.06. The second kappa shape index (κ2) is 17.5. The Hall–Kier alpha value is -8.09. The highest BCUT2D eigenvalue weighted by molar-refractivity contribution is 7.77. The van der Waals surface area contributed by atoms with Crippen molar-refractivity contribution in [3.05, 3.63) is 236 Å². The largest absolute Gasteiger partial charge is 0.456 e. The van der Waals surface area contributed by atoms with Crippen LogP contribution >= 0.6 is 12.8 Å². The number of para-hydroxylation sites is 2. The summed E-state index contributed by atoms with van der Waals surface area (Å²) in [6, 6.07) is 81.9. The van der Waals surface area contributed by atoms with E-state index in [9.17, 15) is 0 Å². The van der Waals surface area contributed by atoms with Crippen LogP contribution in [0.1, 0.15) is 5.56 Å². The molecule has 0 saturated carbocycles. The van der Waals surface area contributed by atoms with E-state index in [0.717, 1.165) is 77.4 Å². The molecule has 0 bridgehead atoms. The summed E-state index contributed by atoms with van der Waals surface area (Å²) < 4.78 is 14.9. The molecular weight excluding hydrogens is 825 g/mol. The Morgan fingerprint density at radius 1 is 0.303 bits per heavy atom. The number of thiol groups is 1. The molecule has 0 fully saturated rings. The lowest BCUT2D eigenvalue weighted by Gasteiger charge is -2.09. The van der Waals surface area contributed by atoms with E-state index < -0.39 is 0 Å². The van der Waals surface area contributed by atoms with Crippen molar-refractivity contribution in [2.75, 3.05) is 0 Å². The van der Waals surface area contributed by atoms with E-state index in [1.165, 1.54) is 44.1 Å². The van der Waals surface area contributed by atoms with Crippen LogP contribution in [0.3, 0.4) is 0 Å². The molecule has 3 aromatic heterocycles. The van der Waals surface area contributed by atoms with Gasteiger partial charge in [0.05, 0.1) is 11.0 Å². The lowest BCUT2D eigenvalue weighted by atomic mass is 9.96. The summed E-state index contributed by atoms with van der Waals surface area (Å²) in [5, 5.41) is 11.1. The van der Waals surface area contributed by atoms with Crippen molar-refractivity contribution in [1.29, 1.82) is 0 Å². The maximum Gasteiger partial charge on any atom is 0.135 e. The second-order valence-electron chi connectivity index (χ2n) is 16.6. The Balaban J connectivity index is 0.000000487. The lowest BCUT2D eigenvalue weighted by Crippen LogP contribution is -1.93. The molecule has 0 atom stereocenters. The standard InChI is InChI=1S/C54H33NO2.C7H8.H3NS/c1-3-10-34(11-4-1)37-19-24-49-45(29-37)43-23-18-41(33-50(43)55(49)42-14-5-2-6-15-42)40-22-27-54-48(32-40)47-31-39(21-26-53(47)57-54)36-13-9-12-35(28-36)38-20-25-52-46(30-38)44-16-7-8-17-51(44)56-52;1-7-5-3-2-4-6-7;1-2/h1-33H;2-6H,1H3;2H,1H2. The van der Waals surface area contributed by atoms with Crippen LogP contribution < -0.4 is 5.14 Å². The molecule has 3 heterocycles. The minimum Gasteiger partial charge on any atom is -0.456 e. The van der Waals surface area contributed by atoms with Crippen molar-refractivity contribution < 1.29 is 8.83 Å². The van der Waals surface area contributed by atoms with E-state index in [0.29, 0.717) is 0 Å². The van der Waals surface area contributed by atoms with Gasteiger partial charge in [0.2, 0.25) is 0 Å². The smallest absolute Gasteiger partial charge is 0.135 e. The normalized spacial score (nSPS) is 11.3. The number of benzene rings is 10. The highest BCUT2D eigenvalue weighted by atomic mass is 32.1. The van der Waals surface area contributed by atoms with Crippen LogP contribution in [-0.4, -0.2) is 4.57 Å². The van der Waals surface area contributed by atoms with Crippen molar-refractivity contribution in [1.82, 2.24) is 4.57 Å². The Morgan fingerprint density at radius 3 is 1.32 bits per heavy atom. The number of hydrogen-bond donors (Lipinski definition) is 2. The minimum absolute atomic E-state index is 0.883. The first kappa shape index (κ1) is 40.7. The molecular formula is C61H44N2O2S. The predicted molar refractivity (Wildman–Crippen MR) is 281 cm³/mol.